The van der Waals surface area contributed by atoms with Crippen LogP contribution in [0.15, 0.2) is 29.4 Å². The van der Waals surface area contributed by atoms with E-state index in [-0.39, 0.29) is 40.5 Å². The summed E-state index contributed by atoms with van der Waals surface area (Å²) in [4.78, 5) is 35.4. The van der Waals surface area contributed by atoms with Crippen molar-refractivity contribution in [3.63, 3.8) is 0 Å². The lowest BCUT2D eigenvalue weighted by Gasteiger charge is -2.13. The molecule has 112 valence electrons. The quantitative estimate of drug-likeness (QED) is 0.279. The Morgan fingerprint density at radius 1 is 1.23 bits per heavy atom. The van der Waals surface area contributed by atoms with Crippen LogP contribution in [0.3, 0.4) is 0 Å². The second kappa shape index (κ2) is 4.57. The van der Waals surface area contributed by atoms with E-state index in [1.807, 2.05) is 12.2 Å². The Balaban J connectivity index is 1.56. The van der Waals surface area contributed by atoms with Crippen molar-refractivity contribution >= 4 is 34.4 Å². The predicted molar refractivity (Wildman–Crippen MR) is 78.1 cm³/mol. The molecule has 0 aromatic carbocycles. The van der Waals surface area contributed by atoms with E-state index in [1.54, 1.807) is 6.07 Å². The Kier molecular flexibility index (Phi) is 2.77. The number of allylic oxidation sites excluding steroid dienone is 2. The number of nitro groups is 1. The van der Waals surface area contributed by atoms with Gasteiger partial charge in [0.25, 0.3) is 11.8 Å². The molecule has 4 atom stereocenters. The number of rotatable bonds is 3. The number of hydrazone groups is 1. The molecule has 1 aromatic heterocycles. The minimum Gasteiger partial charge on any atom is -0.272 e. The van der Waals surface area contributed by atoms with Crippen molar-refractivity contribution in [2.75, 3.05) is 0 Å². The summed E-state index contributed by atoms with van der Waals surface area (Å²) in [5.74, 6) is -0.776. The number of carbonyl (C=O) groups is 2. The van der Waals surface area contributed by atoms with E-state index in [4.69, 9.17) is 0 Å². The second-order valence-electron chi connectivity index (χ2n) is 5.67. The molecule has 7 nitrogen and oxygen atoms in total. The maximum Gasteiger partial charge on any atom is 0.324 e. The van der Waals surface area contributed by atoms with Crippen molar-refractivity contribution in [3.05, 3.63) is 39.3 Å². The van der Waals surface area contributed by atoms with Gasteiger partial charge in [-0.1, -0.05) is 23.5 Å². The molecule has 22 heavy (non-hydrogen) atoms. The molecule has 0 unspecified atom stereocenters. The van der Waals surface area contributed by atoms with Gasteiger partial charge in [-0.15, -0.1) is 0 Å². The topological polar surface area (TPSA) is 92.9 Å². The molecule has 2 bridgehead atoms. The summed E-state index contributed by atoms with van der Waals surface area (Å²) in [7, 11) is 0. The number of thiophene rings is 1. The monoisotopic (exact) mass is 317 g/mol. The van der Waals surface area contributed by atoms with Gasteiger partial charge < -0.3 is 0 Å². The van der Waals surface area contributed by atoms with Gasteiger partial charge in [0.2, 0.25) is 0 Å². The molecule has 2 aliphatic carbocycles. The van der Waals surface area contributed by atoms with Crippen molar-refractivity contribution in [1.82, 2.24) is 5.01 Å². The van der Waals surface area contributed by atoms with Crippen LogP contribution in [0, 0.1) is 33.8 Å². The van der Waals surface area contributed by atoms with E-state index >= 15 is 0 Å². The van der Waals surface area contributed by atoms with Crippen LogP contribution < -0.4 is 0 Å². The molecule has 1 saturated heterocycles. The Morgan fingerprint density at radius 2 is 1.86 bits per heavy atom. The number of amides is 2. The average molecular weight is 317 g/mol. The minimum absolute atomic E-state index is 0.000334. The van der Waals surface area contributed by atoms with Gasteiger partial charge in [0, 0.05) is 6.07 Å². The summed E-state index contributed by atoms with van der Waals surface area (Å²) < 4.78 is 0. The maximum absolute atomic E-state index is 12.4. The van der Waals surface area contributed by atoms with E-state index in [2.05, 4.69) is 5.10 Å². The molecule has 1 aliphatic heterocycles. The van der Waals surface area contributed by atoms with Gasteiger partial charge in [0.05, 0.1) is 27.9 Å². The number of fused-ring (bicyclic) bond motifs is 5. The first-order valence-corrected chi connectivity index (χ1v) is 7.72. The normalized spacial score (nSPS) is 32.5. The Labute approximate surface area is 129 Å². The van der Waals surface area contributed by atoms with E-state index in [0.717, 1.165) is 22.8 Å². The molecular weight excluding hydrogens is 306 g/mol. The molecule has 0 N–H and O–H groups in total. The highest BCUT2D eigenvalue weighted by atomic mass is 32.1. The number of nitrogens with zero attached hydrogens (tertiary/aromatic N) is 3. The van der Waals surface area contributed by atoms with Gasteiger partial charge >= 0.3 is 5.00 Å². The molecule has 3 aliphatic rings. The fourth-order valence-electron chi connectivity index (χ4n) is 3.62. The number of imide groups is 1. The Bertz CT molecular complexity index is 723. The van der Waals surface area contributed by atoms with Crippen LogP contribution in [0.4, 0.5) is 5.00 Å². The van der Waals surface area contributed by atoms with Crippen LogP contribution in [0.5, 0.6) is 0 Å². The van der Waals surface area contributed by atoms with Crippen LogP contribution >= 0.6 is 11.3 Å². The van der Waals surface area contributed by atoms with E-state index in [0.29, 0.717) is 4.88 Å². The van der Waals surface area contributed by atoms with Crippen LogP contribution in [0.1, 0.15) is 11.3 Å². The highest BCUT2D eigenvalue weighted by Gasteiger charge is 2.59. The zero-order valence-electron chi connectivity index (χ0n) is 11.3. The summed E-state index contributed by atoms with van der Waals surface area (Å²) in [5, 5.41) is 15.6. The third kappa shape index (κ3) is 1.77. The number of carbonyl (C=O) groups excluding carboxylic acids is 2. The van der Waals surface area contributed by atoms with E-state index in [9.17, 15) is 19.7 Å². The molecule has 1 aromatic rings. The van der Waals surface area contributed by atoms with Crippen molar-refractivity contribution in [2.45, 2.75) is 6.42 Å². The summed E-state index contributed by atoms with van der Waals surface area (Å²) >= 11 is 0.952. The zero-order valence-corrected chi connectivity index (χ0v) is 12.1. The van der Waals surface area contributed by atoms with Gasteiger partial charge in [-0.05, 0) is 24.3 Å². The van der Waals surface area contributed by atoms with Crippen molar-refractivity contribution in [3.8, 4) is 0 Å². The third-order valence-electron chi connectivity index (χ3n) is 4.54. The average Bonchev–Trinajstić information content (AvgIpc) is 3.23. The van der Waals surface area contributed by atoms with Crippen molar-refractivity contribution in [1.29, 1.82) is 0 Å². The molecule has 2 heterocycles. The standard InChI is InChI=1S/C14H11N3O4S/c18-13-11-7-1-2-8(5-7)12(11)14(19)16(13)15-6-9-3-4-10(22-9)17(20)21/h1-4,6-8,11-12H,5H2/b15-6-/t7-,8+,11+,12-. The highest BCUT2D eigenvalue weighted by molar-refractivity contribution is 7.16. The SMILES string of the molecule is O=C1[C@@H]2[C@H](C(=O)N1/N=C\c1ccc([N+](=O)[O-])s1)[C@H]1C=C[C@@H]2C1. The Hall–Kier alpha value is -2.35. The first-order valence-electron chi connectivity index (χ1n) is 6.90. The highest BCUT2D eigenvalue weighted by Crippen LogP contribution is 2.52. The maximum atomic E-state index is 12.4. The van der Waals surface area contributed by atoms with Crippen LogP contribution in [0.2, 0.25) is 0 Å². The fourth-order valence-corrected chi connectivity index (χ4v) is 4.31. The predicted octanol–water partition coefficient (Wildman–Crippen LogP) is 1.80. The van der Waals surface area contributed by atoms with Gasteiger partial charge in [-0.2, -0.15) is 10.1 Å². The first kappa shape index (κ1) is 13.3. The first-order chi connectivity index (χ1) is 10.6. The molecule has 2 amide bonds. The molecule has 0 spiro atoms. The summed E-state index contributed by atoms with van der Waals surface area (Å²) in [6.07, 6.45) is 6.26. The molecule has 1 saturated carbocycles. The summed E-state index contributed by atoms with van der Waals surface area (Å²) in [5.41, 5.74) is 0. The zero-order chi connectivity index (χ0) is 15.4. The minimum atomic E-state index is -0.484. The number of hydrogen-bond donors (Lipinski definition) is 0. The van der Waals surface area contributed by atoms with Gasteiger partial charge in [0.1, 0.15) is 0 Å². The van der Waals surface area contributed by atoms with Gasteiger partial charge in [-0.25, -0.2) is 0 Å². The largest absolute Gasteiger partial charge is 0.324 e. The lowest BCUT2D eigenvalue weighted by Crippen LogP contribution is -2.28. The molecule has 0 radical (unpaired) electrons. The molecular formula is C14H11N3O4S. The lowest BCUT2D eigenvalue weighted by molar-refractivity contribution is -0.380. The lowest BCUT2D eigenvalue weighted by atomic mass is 9.85. The van der Waals surface area contributed by atoms with Crippen molar-refractivity contribution < 1.29 is 14.5 Å². The Morgan fingerprint density at radius 3 is 2.41 bits per heavy atom. The van der Waals surface area contributed by atoms with Crippen molar-refractivity contribution in [2.24, 2.45) is 28.8 Å². The smallest absolute Gasteiger partial charge is 0.272 e. The second-order valence-corrected chi connectivity index (χ2v) is 6.76. The molecule has 8 heteroatoms. The van der Waals surface area contributed by atoms with Crippen LogP contribution in [0.25, 0.3) is 0 Å². The third-order valence-corrected chi connectivity index (χ3v) is 5.51. The fraction of sp³-hybridized carbons (Fsp3) is 0.357. The van der Waals surface area contributed by atoms with E-state index < -0.39 is 4.92 Å². The van der Waals surface area contributed by atoms with Crippen LogP contribution in [-0.4, -0.2) is 28.0 Å². The van der Waals surface area contributed by atoms with Gasteiger partial charge in [-0.3, -0.25) is 19.7 Å². The van der Waals surface area contributed by atoms with E-state index in [1.165, 1.54) is 12.3 Å². The van der Waals surface area contributed by atoms with Gasteiger partial charge in [0.15, 0.2) is 0 Å². The molecule has 4 rings (SSSR count). The number of hydrogen-bond acceptors (Lipinski definition) is 6. The summed E-state index contributed by atoms with van der Waals surface area (Å²) in [6, 6.07) is 2.92. The van der Waals surface area contributed by atoms with Crippen LogP contribution in [-0.2, 0) is 9.59 Å². The summed E-state index contributed by atoms with van der Waals surface area (Å²) in [6.45, 7) is 0. The molecule has 2 fully saturated rings.